The molecule has 0 aromatic heterocycles. The Morgan fingerprint density at radius 3 is 2.31 bits per heavy atom. The van der Waals surface area contributed by atoms with Crippen LogP contribution in [0.2, 0.25) is 5.02 Å². The summed E-state index contributed by atoms with van der Waals surface area (Å²) < 4.78 is 5.40. The molecule has 2 aromatic carbocycles. The van der Waals surface area contributed by atoms with Gasteiger partial charge in [0.25, 0.3) is 5.91 Å². The molecule has 1 aliphatic heterocycles. The van der Waals surface area contributed by atoms with Crippen LogP contribution in [0.3, 0.4) is 0 Å². The maximum atomic E-state index is 12.5. The highest BCUT2D eigenvalue weighted by molar-refractivity contribution is 6.33. The lowest BCUT2D eigenvalue weighted by molar-refractivity contribution is -0.131. The Bertz CT molecular complexity index is 862. The van der Waals surface area contributed by atoms with Crippen LogP contribution in [0.5, 0.6) is 5.75 Å². The van der Waals surface area contributed by atoms with Crippen LogP contribution in [-0.4, -0.2) is 49.5 Å². The van der Waals surface area contributed by atoms with E-state index in [-0.39, 0.29) is 11.8 Å². The van der Waals surface area contributed by atoms with Gasteiger partial charge >= 0.3 is 0 Å². The lowest BCUT2D eigenvalue weighted by atomic mass is 10.2. The first-order valence-electron chi connectivity index (χ1n) is 9.88. The molecule has 0 atom stereocenters. The van der Waals surface area contributed by atoms with Crippen molar-refractivity contribution in [1.29, 1.82) is 0 Å². The number of piperazine rings is 1. The normalized spacial score (nSPS) is 13.9. The van der Waals surface area contributed by atoms with Gasteiger partial charge in [0.05, 0.1) is 17.3 Å². The number of nitrogens with zero attached hydrogens (tertiary/aromatic N) is 2. The molecule has 29 heavy (non-hydrogen) atoms. The van der Waals surface area contributed by atoms with Crippen LogP contribution in [0.1, 0.15) is 30.6 Å². The number of benzene rings is 2. The Balaban J connectivity index is 1.62. The van der Waals surface area contributed by atoms with Gasteiger partial charge in [-0.25, -0.2) is 0 Å². The second-order valence-electron chi connectivity index (χ2n) is 6.80. The number of hydrogen-bond donors (Lipinski definition) is 1. The molecule has 2 aromatic rings. The molecular formula is C22H26ClN3O3. The van der Waals surface area contributed by atoms with Crippen LogP contribution < -0.4 is 15.0 Å². The van der Waals surface area contributed by atoms with Gasteiger partial charge in [-0.05, 0) is 49.4 Å². The largest absolute Gasteiger partial charge is 0.494 e. The predicted octanol–water partition coefficient (Wildman–Crippen LogP) is 4.05. The van der Waals surface area contributed by atoms with Gasteiger partial charge in [-0.1, -0.05) is 18.5 Å². The van der Waals surface area contributed by atoms with Crippen LogP contribution in [0, 0.1) is 0 Å². The number of amides is 2. The van der Waals surface area contributed by atoms with Gasteiger partial charge in [-0.3, -0.25) is 9.59 Å². The molecule has 6 nitrogen and oxygen atoms in total. The van der Waals surface area contributed by atoms with Crippen molar-refractivity contribution >= 4 is 34.8 Å². The van der Waals surface area contributed by atoms with E-state index in [0.29, 0.717) is 42.4 Å². The lowest BCUT2D eigenvalue weighted by Crippen LogP contribution is -2.48. The van der Waals surface area contributed by atoms with Crippen molar-refractivity contribution in [3.05, 3.63) is 53.1 Å². The molecule has 7 heteroatoms. The van der Waals surface area contributed by atoms with Crippen LogP contribution in [0.4, 0.5) is 11.4 Å². The Hall–Kier alpha value is -2.73. The van der Waals surface area contributed by atoms with Gasteiger partial charge in [-0.15, -0.1) is 0 Å². The first-order valence-corrected chi connectivity index (χ1v) is 10.3. The number of ether oxygens (including phenoxy) is 1. The van der Waals surface area contributed by atoms with Gasteiger partial charge in [0.15, 0.2) is 0 Å². The van der Waals surface area contributed by atoms with Gasteiger partial charge in [-0.2, -0.15) is 0 Å². The predicted molar refractivity (Wildman–Crippen MR) is 116 cm³/mol. The molecule has 1 heterocycles. The summed E-state index contributed by atoms with van der Waals surface area (Å²) in [5, 5.41) is 3.45. The summed E-state index contributed by atoms with van der Waals surface area (Å²) in [5.41, 5.74) is 2.09. The number of carbonyl (C=O) groups is 2. The molecule has 0 aliphatic carbocycles. The Kier molecular flexibility index (Phi) is 6.99. The van der Waals surface area contributed by atoms with E-state index in [1.54, 1.807) is 30.3 Å². The molecule has 154 valence electrons. The van der Waals surface area contributed by atoms with Crippen molar-refractivity contribution in [2.45, 2.75) is 20.3 Å². The van der Waals surface area contributed by atoms with Crippen LogP contribution in [-0.2, 0) is 4.79 Å². The SMILES string of the molecule is CCOc1ccc(C(=O)Nc2ccc(N3CCN(C(=O)CC)CC3)c(Cl)c2)cc1. The highest BCUT2D eigenvalue weighted by atomic mass is 35.5. The minimum atomic E-state index is -0.205. The molecule has 1 saturated heterocycles. The minimum absolute atomic E-state index is 0.183. The van der Waals surface area contributed by atoms with Crippen LogP contribution in [0.15, 0.2) is 42.5 Å². The maximum Gasteiger partial charge on any atom is 0.255 e. The zero-order valence-corrected chi connectivity index (χ0v) is 17.5. The lowest BCUT2D eigenvalue weighted by Gasteiger charge is -2.36. The van der Waals surface area contributed by atoms with E-state index in [9.17, 15) is 9.59 Å². The van der Waals surface area contributed by atoms with E-state index in [2.05, 4.69) is 10.2 Å². The fraction of sp³-hybridized carbons (Fsp3) is 0.364. The van der Waals surface area contributed by atoms with Gasteiger partial charge in [0.2, 0.25) is 5.91 Å². The fourth-order valence-corrected chi connectivity index (χ4v) is 3.63. The van der Waals surface area contributed by atoms with Gasteiger partial charge < -0.3 is 19.9 Å². The van der Waals surface area contributed by atoms with Crippen LogP contribution >= 0.6 is 11.6 Å². The Morgan fingerprint density at radius 1 is 1.03 bits per heavy atom. The van der Waals surface area contributed by atoms with Gasteiger partial charge in [0.1, 0.15) is 5.75 Å². The summed E-state index contributed by atoms with van der Waals surface area (Å²) in [6, 6.07) is 12.5. The Labute approximate surface area is 176 Å². The first kappa shape index (κ1) is 21.0. The quantitative estimate of drug-likeness (QED) is 0.773. The summed E-state index contributed by atoms with van der Waals surface area (Å²) in [6.07, 6.45) is 0.531. The summed E-state index contributed by atoms with van der Waals surface area (Å²) in [4.78, 5) is 28.3. The number of anilines is 2. The molecule has 0 saturated carbocycles. The van der Waals surface area contributed by atoms with Crippen LogP contribution in [0.25, 0.3) is 0 Å². The molecule has 0 spiro atoms. The first-order chi connectivity index (χ1) is 14.0. The van der Waals surface area contributed by atoms with E-state index in [0.717, 1.165) is 24.5 Å². The molecule has 0 unspecified atom stereocenters. The van der Waals surface area contributed by atoms with Crippen molar-refractivity contribution in [3.8, 4) is 5.75 Å². The molecule has 0 bridgehead atoms. The minimum Gasteiger partial charge on any atom is -0.494 e. The summed E-state index contributed by atoms with van der Waals surface area (Å²) in [7, 11) is 0. The van der Waals surface area contributed by atoms with E-state index in [1.165, 1.54) is 0 Å². The van der Waals surface area contributed by atoms with E-state index >= 15 is 0 Å². The zero-order valence-electron chi connectivity index (χ0n) is 16.8. The number of nitrogens with one attached hydrogen (secondary N) is 1. The second kappa shape index (κ2) is 9.65. The third-order valence-corrected chi connectivity index (χ3v) is 5.21. The third-order valence-electron chi connectivity index (χ3n) is 4.91. The van der Waals surface area contributed by atoms with E-state index in [1.807, 2.05) is 30.9 Å². The highest BCUT2D eigenvalue weighted by Crippen LogP contribution is 2.30. The van der Waals surface area contributed by atoms with Crippen molar-refractivity contribution in [1.82, 2.24) is 4.90 Å². The van der Waals surface area contributed by atoms with Gasteiger partial charge in [0, 0.05) is 43.9 Å². The highest BCUT2D eigenvalue weighted by Gasteiger charge is 2.21. The number of hydrogen-bond acceptors (Lipinski definition) is 4. The monoisotopic (exact) mass is 415 g/mol. The van der Waals surface area contributed by atoms with Crippen molar-refractivity contribution in [2.75, 3.05) is 43.0 Å². The average Bonchev–Trinajstić information content (AvgIpc) is 2.74. The Morgan fingerprint density at radius 2 is 1.72 bits per heavy atom. The second-order valence-corrected chi connectivity index (χ2v) is 7.21. The molecule has 3 rings (SSSR count). The molecule has 2 amide bonds. The van der Waals surface area contributed by atoms with E-state index in [4.69, 9.17) is 16.3 Å². The average molecular weight is 416 g/mol. The topological polar surface area (TPSA) is 61.9 Å². The van der Waals surface area contributed by atoms with Crippen molar-refractivity contribution in [2.24, 2.45) is 0 Å². The molecule has 0 radical (unpaired) electrons. The van der Waals surface area contributed by atoms with E-state index < -0.39 is 0 Å². The van der Waals surface area contributed by atoms with Crippen molar-refractivity contribution in [3.63, 3.8) is 0 Å². The molecule has 1 fully saturated rings. The zero-order chi connectivity index (χ0) is 20.8. The van der Waals surface area contributed by atoms with Crippen molar-refractivity contribution < 1.29 is 14.3 Å². The summed E-state index contributed by atoms with van der Waals surface area (Å²) in [5.74, 6) is 0.712. The smallest absolute Gasteiger partial charge is 0.255 e. The summed E-state index contributed by atoms with van der Waals surface area (Å²) >= 11 is 6.48. The fourth-order valence-electron chi connectivity index (χ4n) is 3.33. The summed E-state index contributed by atoms with van der Waals surface area (Å²) in [6.45, 7) is 7.25. The molecule has 1 aliphatic rings. The number of rotatable bonds is 6. The molecular weight excluding hydrogens is 390 g/mol. The standard InChI is InChI=1S/C22H26ClN3O3/c1-3-21(27)26-13-11-25(12-14-26)20-10-7-17(15-19(20)23)24-22(28)16-5-8-18(9-6-16)29-4-2/h5-10,15H,3-4,11-14H2,1-2H3,(H,24,28). The maximum absolute atomic E-state index is 12.5. The number of carbonyl (C=O) groups excluding carboxylic acids is 2. The molecule has 1 N–H and O–H groups in total. The third kappa shape index (κ3) is 5.21. The number of halogens is 1.